The highest BCUT2D eigenvalue weighted by atomic mass is 14.7. The highest BCUT2D eigenvalue weighted by Crippen LogP contribution is 2.37. The largest absolute Gasteiger partial charge is 0.261 e. The van der Waals surface area contributed by atoms with E-state index in [-0.39, 0.29) is 5.41 Å². The molecule has 0 atom stereocenters. The molecule has 0 saturated heterocycles. The molecule has 1 aromatic rings. The maximum absolute atomic E-state index is 4.60. The lowest BCUT2D eigenvalue weighted by atomic mass is 9.76. The molecule has 0 saturated carbocycles. The van der Waals surface area contributed by atoms with Crippen LogP contribution in [0, 0.1) is 6.92 Å². The van der Waals surface area contributed by atoms with E-state index in [2.05, 4.69) is 66.6 Å². The van der Waals surface area contributed by atoms with Crippen molar-refractivity contribution in [1.29, 1.82) is 0 Å². The van der Waals surface area contributed by atoms with Gasteiger partial charge in [-0.3, -0.25) is 4.98 Å². The van der Waals surface area contributed by atoms with Crippen LogP contribution in [0.15, 0.2) is 6.20 Å². The highest BCUT2D eigenvalue weighted by molar-refractivity contribution is 5.44. The summed E-state index contributed by atoms with van der Waals surface area (Å²) >= 11 is 0. The molecule has 1 nitrogen and oxygen atoms in total. The summed E-state index contributed by atoms with van der Waals surface area (Å²) in [6, 6.07) is 0. The lowest BCUT2D eigenvalue weighted by molar-refractivity contribution is 0.559. The Balaban J connectivity index is 3.62. The molecule has 0 radical (unpaired) electrons. The van der Waals surface area contributed by atoms with Gasteiger partial charge < -0.3 is 0 Å². The average Bonchev–Trinajstić information content (AvgIpc) is 2.14. The predicted molar refractivity (Wildman–Crippen MR) is 75.9 cm³/mol. The normalized spacial score (nSPS) is 12.6. The Hall–Kier alpha value is -0.850. The molecule has 1 rings (SSSR count). The van der Waals surface area contributed by atoms with E-state index in [1.54, 1.807) is 0 Å². The van der Waals surface area contributed by atoms with Gasteiger partial charge in [-0.2, -0.15) is 0 Å². The Kier molecular flexibility index (Phi) is 4.01. The van der Waals surface area contributed by atoms with Crippen LogP contribution in [-0.2, 0) is 5.41 Å². The van der Waals surface area contributed by atoms with E-state index in [9.17, 15) is 0 Å². The van der Waals surface area contributed by atoms with Crippen molar-refractivity contribution >= 4 is 0 Å². The Morgan fingerprint density at radius 1 is 1.00 bits per heavy atom. The van der Waals surface area contributed by atoms with Gasteiger partial charge in [0.1, 0.15) is 0 Å². The zero-order valence-corrected chi connectivity index (χ0v) is 12.7. The fourth-order valence-corrected chi connectivity index (χ4v) is 2.62. The Bertz CT molecular complexity index is 395. The van der Waals surface area contributed by atoms with E-state index < -0.39 is 0 Å². The summed E-state index contributed by atoms with van der Waals surface area (Å²) in [5.41, 5.74) is 5.74. The molecule has 1 aromatic heterocycles. The molecule has 17 heavy (non-hydrogen) atoms. The summed E-state index contributed by atoms with van der Waals surface area (Å²) in [6.07, 6.45) is 2.08. The first-order valence-electron chi connectivity index (χ1n) is 6.66. The third-order valence-corrected chi connectivity index (χ3v) is 3.29. The molecule has 96 valence electrons. The third-order valence-electron chi connectivity index (χ3n) is 3.29. The van der Waals surface area contributed by atoms with E-state index in [0.29, 0.717) is 11.8 Å². The average molecular weight is 233 g/mol. The molecule has 0 N–H and O–H groups in total. The second-order valence-electron chi connectivity index (χ2n) is 6.65. The lowest BCUT2D eigenvalue weighted by Gasteiger charge is -2.30. The Labute approximate surface area is 107 Å². The standard InChI is InChI=1S/C16H27N/c1-10(2)13-9-17-12(5)14(11(3)4)15(13)16(6,7)8/h9-11H,1-8H3. The molecule has 0 aliphatic heterocycles. The molecule has 0 spiro atoms. The number of rotatable bonds is 2. The van der Waals surface area contributed by atoms with Gasteiger partial charge in [0.2, 0.25) is 0 Å². The second-order valence-corrected chi connectivity index (χ2v) is 6.65. The monoisotopic (exact) mass is 233 g/mol. The molecule has 1 heterocycles. The molecule has 0 aliphatic carbocycles. The van der Waals surface area contributed by atoms with Crippen LogP contribution in [0.1, 0.15) is 82.7 Å². The van der Waals surface area contributed by atoms with Crippen molar-refractivity contribution in [1.82, 2.24) is 4.98 Å². The van der Waals surface area contributed by atoms with E-state index in [0.717, 1.165) is 0 Å². The highest BCUT2D eigenvalue weighted by Gasteiger charge is 2.26. The van der Waals surface area contributed by atoms with Gasteiger partial charge in [0.15, 0.2) is 0 Å². The van der Waals surface area contributed by atoms with Crippen molar-refractivity contribution in [3.63, 3.8) is 0 Å². The van der Waals surface area contributed by atoms with E-state index in [1.807, 2.05) is 0 Å². The number of hydrogen-bond acceptors (Lipinski definition) is 1. The summed E-state index contributed by atoms with van der Waals surface area (Å²) in [5.74, 6) is 1.07. The van der Waals surface area contributed by atoms with Gasteiger partial charge in [-0.15, -0.1) is 0 Å². The van der Waals surface area contributed by atoms with Crippen LogP contribution in [0.2, 0.25) is 0 Å². The second kappa shape index (κ2) is 4.80. The fourth-order valence-electron chi connectivity index (χ4n) is 2.62. The lowest BCUT2D eigenvalue weighted by Crippen LogP contribution is -2.20. The first-order valence-corrected chi connectivity index (χ1v) is 6.66. The summed E-state index contributed by atoms with van der Waals surface area (Å²) in [5, 5.41) is 0. The molecule has 0 bridgehead atoms. The van der Waals surface area contributed by atoms with E-state index >= 15 is 0 Å². The molecule has 0 unspecified atom stereocenters. The number of hydrogen-bond donors (Lipinski definition) is 0. The van der Waals surface area contributed by atoms with Gasteiger partial charge in [0.05, 0.1) is 0 Å². The van der Waals surface area contributed by atoms with Crippen LogP contribution in [0.25, 0.3) is 0 Å². The van der Waals surface area contributed by atoms with Gasteiger partial charge in [-0.25, -0.2) is 0 Å². The molecule has 1 heteroatoms. The minimum absolute atomic E-state index is 0.187. The molecule has 0 amide bonds. The van der Waals surface area contributed by atoms with Gasteiger partial charge in [-0.1, -0.05) is 48.5 Å². The smallest absolute Gasteiger partial charge is 0.0410 e. The van der Waals surface area contributed by atoms with Gasteiger partial charge in [0, 0.05) is 11.9 Å². The Morgan fingerprint density at radius 2 is 1.53 bits per heavy atom. The van der Waals surface area contributed by atoms with Crippen molar-refractivity contribution in [2.75, 3.05) is 0 Å². The number of pyridine rings is 1. The van der Waals surface area contributed by atoms with Crippen molar-refractivity contribution in [3.8, 4) is 0 Å². The zero-order chi connectivity index (χ0) is 13.4. The molecular weight excluding hydrogens is 206 g/mol. The molecule has 0 aliphatic rings. The molecular formula is C16H27N. The van der Waals surface area contributed by atoms with Crippen molar-refractivity contribution in [2.45, 2.75) is 72.6 Å². The van der Waals surface area contributed by atoms with Crippen LogP contribution < -0.4 is 0 Å². The van der Waals surface area contributed by atoms with E-state index in [4.69, 9.17) is 0 Å². The quantitative estimate of drug-likeness (QED) is 0.705. The van der Waals surface area contributed by atoms with Crippen LogP contribution in [-0.4, -0.2) is 4.98 Å². The van der Waals surface area contributed by atoms with Crippen LogP contribution in [0.4, 0.5) is 0 Å². The maximum atomic E-state index is 4.60. The molecule has 0 fully saturated rings. The van der Waals surface area contributed by atoms with Gasteiger partial charge in [0.25, 0.3) is 0 Å². The van der Waals surface area contributed by atoms with Crippen LogP contribution >= 0.6 is 0 Å². The Morgan fingerprint density at radius 3 is 1.88 bits per heavy atom. The zero-order valence-electron chi connectivity index (χ0n) is 12.7. The SMILES string of the molecule is Cc1ncc(C(C)C)c(C(C)(C)C)c1C(C)C. The fraction of sp³-hybridized carbons (Fsp3) is 0.688. The topological polar surface area (TPSA) is 12.9 Å². The number of aryl methyl sites for hydroxylation is 1. The first-order chi connectivity index (χ1) is 7.66. The van der Waals surface area contributed by atoms with Crippen molar-refractivity contribution in [3.05, 3.63) is 28.6 Å². The summed E-state index contributed by atoms with van der Waals surface area (Å²) < 4.78 is 0. The van der Waals surface area contributed by atoms with Crippen LogP contribution in [0.5, 0.6) is 0 Å². The minimum Gasteiger partial charge on any atom is -0.261 e. The van der Waals surface area contributed by atoms with Gasteiger partial charge in [-0.05, 0) is 40.9 Å². The van der Waals surface area contributed by atoms with Gasteiger partial charge >= 0.3 is 0 Å². The van der Waals surface area contributed by atoms with E-state index in [1.165, 1.54) is 22.4 Å². The summed E-state index contributed by atoms with van der Waals surface area (Å²) in [6.45, 7) is 18.1. The summed E-state index contributed by atoms with van der Waals surface area (Å²) in [4.78, 5) is 4.60. The third kappa shape index (κ3) is 2.88. The maximum Gasteiger partial charge on any atom is 0.0410 e. The number of nitrogens with zero attached hydrogens (tertiary/aromatic N) is 1. The van der Waals surface area contributed by atoms with Crippen molar-refractivity contribution in [2.24, 2.45) is 0 Å². The van der Waals surface area contributed by atoms with Crippen molar-refractivity contribution < 1.29 is 0 Å². The predicted octanol–water partition coefficient (Wildman–Crippen LogP) is 4.93. The molecule has 0 aromatic carbocycles. The number of aromatic nitrogens is 1. The summed E-state index contributed by atoms with van der Waals surface area (Å²) in [7, 11) is 0. The minimum atomic E-state index is 0.187. The first kappa shape index (κ1) is 14.2. The van der Waals surface area contributed by atoms with Crippen LogP contribution in [0.3, 0.4) is 0 Å².